The molecule has 1 atom stereocenters. The summed E-state index contributed by atoms with van der Waals surface area (Å²) in [5.41, 5.74) is 2.80. The molecule has 4 nitrogen and oxygen atoms in total. The van der Waals surface area contributed by atoms with Gasteiger partial charge in [0.2, 0.25) is 0 Å². The van der Waals surface area contributed by atoms with Crippen molar-refractivity contribution in [2.24, 2.45) is 0 Å². The van der Waals surface area contributed by atoms with E-state index in [0.717, 1.165) is 12.0 Å². The summed E-state index contributed by atoms with van der Waals surface area (Å²) in [5.74, 6) is 0.561. The Morgan fingerprint density at radius 3 is 2.52 bits per heavy atom. The summed E-state index contributed by atoms with van der Waals surface area (Å²) in [4.78, 5) is 17.7. The average molecular weight is 283 g/mol. The number of rotatable bonds is 4. The quantitative estimate of drug-likeness (QED) is 0.866. The SMILES string of the molecule is COc1ccc2c(c1)C(=O)N(OC)C2Cc1ccccc1. The molecule has 1 heterocycles. The van der Waals surface area contributed by atoms with Gasteiger partial charge in [-0.15, -0.1) is 0 Å². The Labute approximate surface area is 123 Å². The summed E-state index contributed by atoms with van der Waals surface area (Å²) in [5, 5.41) is 1.44. The molecular weight excluding hydrogens is 266 g/mol. The standard InChI is InChI=1S/C17H17NO3/c1-20-13-8-9-14-15(11-13)17(19)18(21-2)16(14)10-12-6-4-3-5-7-12/h3-9,11,16H,10H2,1-2H3. The summed E-state index contributed by atoms with van der Waals surface area (Å²) >= 11 is 0. The van der Waals surface area contributed by atoms with Crippen molar-refractivity contribution in [1.29, 1.82) is 0 Å². The predicted octanol–water partition coefficient (Wildman–Crippen LogP) is 3.00. The van der Waals surface area contributed by atoms with Crippen LogP contribution in [0.15, 0.2) is 48.5 Å². The van der Waals surface area contributed by atoms with Crippen LogP contribution in [0.3, 0.4) is 0 Å². The van der Waals surface area contributed by atoms with Gasteiger partial charge in [0.25, 0.3) is 5.91 Å². The monoisotopic (exact) mass is 283 g/mol. The Morgan fingerprint density at radius 1 is 1.10 bits per heavy atom. The second-order valence-electron chi connectivity index (χ2n) is 4.97. The molecule has 1 amide bonds. The highest BCUT2D eigenvalue weighted by Crippen LogP contribution is 2.37. The van der Waals surface area contributed by atoms with E-state index in [1.807, 2.05) is 30.3 Å². The molecule has 0 N–H and O–H groups in total. The van der Waals surface area contributed by atoms with Gasteiger partial charge >= 0.3 is 0 Å². The van der Waals surface area contributed by atoms with Crippen molar-refractivity contribution in [3.05, 3.63) is 65.2 Å². The van der Waals surface area contributed by atoms with Crippen LogP contribution in [0.2, 0.25) is 0 Å². The molecule has 1 aliphatic rings. The third-order valence-electron chi connectivity index (χ3n) is 3.80. The van der Waals surface area contributed by atoms with E-state index in [9.17, 15) is 4.79 Å². The Bertz CT molecular complexity index is 654. The number of hydroxylamine groups is 2. The van der Waals surface area contributed by atoms with Crippen LogP contribution in [0.5, 0.6) is 5.75 Å². The summed E-state index contributed by atoms with van der Waals surface area (Å²) in [6.07, 6.45) is 0.722. The fourth-order valence-corrected chi connectivity index (χ4v) is 2.77. The number of fused-ring (bicyclic) bond motifs is 1. The van der Waals surface area contributed by atoms with Crippen molar-refractivity contribution in [2.45, 2.75) is 12.5 Å². The van der Waals surface area contributed by atoms with E-state index in [0.29, 0.717) is 11.3 Å². The lowest BCUT2D eigenvalue weighted by atomic mass is 9.98. The maximum Gasteiger partial charge on any atom is 0.278 e. The van der Waals surface area contributed by atoms with Gasteiger partial charge in [-0.2, -0.15) is 0 Å². The van der Waals surface area contributed by atoms with Crippen molar-refractivity contribution in [3.8, 4) is 5.75 Å². The molecule has 0 fully saturated rings. The van der Waals surface area contributed by atoms with Gasteiger partial charge in [0.05, 0.1) is 25.8 Å². The lowest BCUT2D eigenvalue weighted by Crippen LogP contribution is -2.28. The third kappa shape index (κ3) is 2.38. The molecule has 0 saturated heterocycles. The average Bonchev–Trinajstić information content (AvgIpc) is 2.80. The van der Waals surface area contributed by atoms with E-state index in [1.165, 1.54) is 17.7 Å². The zero-order chi connectivity index (χ0) is 14.8. The molecule has 0 radical (unpaired) electrons. The van der Waals surface area contributed by atoms with Crippen LogP contribution in [0, 0.1) is 0 Å². The number of amides is 1. The highest BCUT2D eigenvalue weighted by Gasteiger charge is 2.37. The van der Waals surface area contributed by atoms with E-state index in [2.05, 4.69) is 12.1 Å². The van der Waals surface area contributed by atoms with Crippen LogP contribution in [-0.2, 0) is 11.3 Å². The number of hydrogen-bond donors (Lipinski definition) is 0. The Morgan fingerprint density at radius 2 is 1.86 bits per heavy atom. The normalized spacial score (nSPS) is 17.0. The van der Waals surface area contributed by atoms with Crippen LogP contribution < -0.4 is 4.74 Å². The number of carbonyl (C=O) groups excluding carboxylic acids is 1. The molecule has 3 rings (SSSR count). The first-order valence-electron chi connectivity index (χ1n) is 6.84. The van der Waals surface area contributed by atoms with E-state index in [-0.39, 0.29) is 11.9 Å². The van der Waals surface area contributed by atoms with Gasteiger partial charge in [0.15, 0.2) is 0 Å². The highest BCUT2D eigenvalue weighted by molar-refractivity contribution is 5.98. The van der Waals surface area contributed by atoms with Gasteiger partial charge in [0, 0.05) is 0 Å². The first kappa shape index (κ1) is 13.6. The van der Waals surface area contributed by atoms with Crippen LogP contribution in [0.1, 0.15) is 27.5 Å². The molecule has 0 spiro atoms. The maximum atomic E-state index is 12.4. The molecule has 1 unspecified atom stereocenters. The fraction of sp³-hybridized carbons (Fsp3) is 0.235. The Kier molecular flexibility index (Phi) is 3.62. The number of hydrogen-bond acceptors (Lipinski definition) is 3. The van der Waals surface area contributed by atoms with Crippen LogP contribution in [-0.4, -0.2) is 25.2 Å². The van der Waals surface area contributed by atoms with Gasteiger partial charge < -0.3 is 4.74 Å². The van der Waals surface area contributed by atoms with Gasteiger partial charge in [-0.05, 0) is 29.7 Å². The molecule has 0 aromatic heterocycles. The Balaban J connectivity index is 1.98. The lowest BCUT2D eigenvalue weighted by molar-refractivity contribution is -0.118. The number of nitrogens with zero attached hydrogens (tertiary/aromatic N) is 1. The van der Waals surface area contributed by atoms with Crippen LogP contribution >= 0.6 is 0 Å². The predicted molar refractivity (Wildman–Crippen MR) is 79.1 cm³/mol. The molecule has 0 saturated carbocycles. The second kappa shape index (κ2) is 5.58. The highest BCUT2D eigenvalue weighted by atomic mass is 16.7. The molecule has 21 heavy (non-hydrogen) atoms. The number of carbonyl (C=O) groups is 1. The van der Waals surface area contributed by atoms with Crippen molar-refractivity contribution in [2.75, 3.05) is 14.2 Å². The summed E-state index contributed by atoms with van der Waals surface area (Å²) in [6, 6.07) is 15.6. The summed E-state index contributed by atoms with van der Waals surface area (Å²) < 4.78 is 5.20. The van der Waals surface area contributed by atoms with E-state index >= 15 is 0 Å². The molecular formula is C17H17NO3. The fourth-order valence-electron chi connectivity index (χ4n) is 2.77. The molecule has 2 aromatic carbocycles. The zero-order valence-electron chi connectivity index (χ0n) is 12.1. The molecule has 1 aliphatic heterocycles. The van der Waals surface area contributed by atoms with E-state index in [4.69, 9.17) is 9.57 Å². The second-order valence-corrected chi connectivity index (χ2v) is 4.97. The molecule has 0 bridgehead atoms. The topological polar surface area (TPSA) is 38.8 Å². The van der Waals surface area contributed by atoms with E-state index in [1.54, 1.807) is 13.2 Å². The number of methoxy groups -OCH3 is 1. The van der Waals surface area contributed by atoms with E-state index < -0.39 is 0 Å². The molecule has 108 valence electrons. The smallest absolute Gasteiger partial charge is 0.278 e. The van der Waals surface area contributed by atoms with Crippen LogP contribution in [0.25, 0.3) is 0 Å². The van der Waals surface area contributed by atoms with Gasteiger partial charge in [-0.25, -0.2) is 5.06 Å². The maximum absolute atomic E-state index is 12.4. The van der Waals surface area contributed by atoms with Gasteiger partial charge in [-0.1, -0.05) is 36.4 Å². The number of ether oxygens (including phenoxy) is 1. The number of benzene rings is 2. The summed E-state index contributed by atoms with van der Waals surface area (Å²) in [6.45, 7) is 0. The van der Waals surface area contributed by atoms with Crippen molar-refractivity contribution >= 4 is 5.91 Å². The third-order valence-corrected chi connectivity index (χ3v) is 3.80. The van der Waals surface area contributed by atoms with Gasteiger partial charge in [-0.3, -0.25) is 9.63 Å². The Hall–Kier alpha value is -2.33. The minimum Gasteiger partial charge on any atom is -0.497 e. The van der Waals surface area contributed by atoms with Crippen molar-refractivity contribution in [3.63, 3.8) is 0 Å². The zero-order valence-corrected chi connectivity index (χ0v) is 12.1. The molecule has 0 aliphatic carbocycles. The minimum absolute atomic E-state index is 0.106. The molecule has 4 heteroatoms. The van der Waals surface area contributed by atoms with Crippen molar-refractivity contribution < 1.29 is 14.4 Å². The largest absolute Gasteiger partial charge is 0.497 e. The van der Waals surface area contributed by atoms with Crippen LogP contribution in [0.4, 0.5) is 0 Å². The van der Waals surface area contributed by atoms with Gasteiger partial charge in [0.1, 0.15) is 5.75 Å². The first-order valence-corrected chi connectivity index (χ1v) is 6.84. The lowest BCUT2D eigenvalue weighted by Gasteiger charge is -2.22. The minimum atomic E-state index is -0.118. The van der Waals surface area contributed by atoms with Crippen molar-refractivity contribution in [1.82, 2.24) is 5.06 Å². The summed E-state index contributed by atoms with van der Waals surface area (Å²) in [7, 11) is 3.12. The first-order chi connectivity index (χ1) is 10.2. The molecule has 2 aromatic rings.